The number of ether oxygens (including phenoxy) is 1. The zero-order valence-electron chi connectivity index (χ0n) is 15.3. The van der Waals surface area contributed by atoms with Crippen LogP contribution in [0.15, 0.2) is 41.0 Å². The van der Waals surface area contributed by atoms with Crippen LogP contribution >= 0.6 is 0 Å². The SMILES string of the molecule is Cc1cccc(COC[C@]23CCC[C@H]2CN(C(=O)Cc2ccco2)C3)n1. The van der Waals surface area contributed by atoms with Gasteiger partial charge in [-0.2, -0.15) is 0 Å². The molecule has 1 aliphatic carbocycles. The number of carbonyl (C=O) groups is 1. The smallest absolute Gasteiger partial charge is 0.230 e. The van der Waals surface area contributed by atoms with Crippen molar-refractivity contribution in [3.05, 3.63) is 53.7 Å². The molecule has 1 saturated heterocycles. The predicted octanol–water partition coefficient (Wildman–Crippen LogP) is 3.37. The van der Waals surface area contributed by atoms with Gasteiger partial charge in [0.1, 0.15) is 5.76 Å². The number of carbonyl (C=O) groups excluding carboxylic acids is 1. The van der Waals surface area contributed by atoms with Gasteiger partial charge in [0.15, 0.2) is 0 Å². The summed E-state index contributed by atoms with van der Waals surface area (Å²) in [6, 6.07) is 9.71. The lowest BCUT2D eigenvalue weighted by Gasteiger charge is -2.28. The summed E-state index contributed by atoms with van der Waals surface area (Å²) in [6.07, 6.45) is 5.54. The zero-order chi connectivity index (χ0) is 18.0. The maximum Gasteiger partial charge on any atom is 0.230 e. The van der Waals surface area contributed by atoms with Gasteiger partial charge in [0.05, 0.1) is 31.6 Å². The Balaban J connectivity index is 1.36. The van der Waals surface area contributed by atoms with Crippen molar-refractivity contribution in [1.82, 2.24) is 9.88 Å². The third-order valence-electron chi connectivity index (χ3n) is 5.88. The van der Waals surface area contributed by atoms with Gasteiger partial charge in [0.25, 0.3) is 0 Å². The van der Waals surface area contributed by atoms with Crippen molar-refractivity contribution < 1.29 is 13.9 Å². The summed E-state index contributed by atoms with van der Waals surface area (Å²) in [7, 11) is 0. The van der Waals surface area contributed by atoms with E-state index < -0.39 is 0 Å². The van der Waals surface area contributed by atoms with E-state index in [1.807, 2.05) is 42.2 Å². The first kappa shape index (κ1) is 17.3. The minimum Gasteiger partial charge on any atom is -0.469 e. The Morgan fingerprint density at radius 1 is 1.38 bits per heavy atom. The minimum absolute atomic E-state index is 0.114. The second-order valence-electron chi connectivity index (χ2n) is 7.75. The number of amides is 1. The second kappa shape index (κ2) is 7.23. The van der Waals surface area contributed by atoms with Crippen LogP contribution in [0.4, 0.5) is 0 Å². The maximum atomic E-state index is 12.6. The lowest BCUT2D eigenvalue weighted by atomic mass is 9.81. The van der Waals surface area contributed by atoms with E-state index in [2.05, 4.69) is 4.98 Å². The first-order valence-corrected chi connectivity index (χ1v) is 9.45. The average Bonchev–Trinajstić information content (AvgIpc) is 3.30. The van der Waals surface area contributed by atoms with Crippen LogP contribution in [0, 0.1) is 18.3 Å². The number of hydrogen-bond acceptors (Lipinski definition) is 4. The molecule has 5 nitrogen and oxygen atoms in total. The number of aromatic nitrogens is 1. The third-order valence-corrected chi connectivity index (χ3v) is 5.88. The lowest BCUT2D eigenvalue weighted by molar-refractivity contribution is -0.130. The molecule has 2 aromatic heterocycles. The van der Waals surface area contributed by atoms with Crippen LogP contribution in [-0.4, -0.2) is 35.5 Å². The van der Waals surface area contributed by atoms with Crippen molar-refractivity contribution in [1.29, 1.82) is 0 Å². The molecule has 138 valence electrons. The number of aryl methyl sites for hydroxylation is 1. The van der Waals surface area contributed by atoms with Crippen LogP contribution in [0.2, 0.25) is 0 Å². The third kappa shape index (κ3) is 3.54. The van der Waals surface area contributed by atoms with Crippen molar-refractivity contribution in [3.63, 3.8) is 0 Å². The number of rotatable bonds is 6. The van der Waals surface area contributed by atoms with E-state index in [4.69, 9.17) is 9.15 Å². The summed E-state index contributed by atoms with van der Waals surface area (Å²) >= 11 is 0. The maximum absolute atomic E-state index is 12.6. The van der Waals surface area contributed by atoms with Gasteiger partial charge >= 0.3 is 0 Å². The number of furan rings is 1. The van der Waals surface area contributed by atoms with Crippen molar-refractivity contribution in [2.75, 3.05) is 19.7 Å². The summed E-state index contributed by atoms with van der Waals surface area (Å²) < 4.78 is 11.4. The van der Waals surface area contributed by atoms with Crippen LogP contribution in [0.1, 0.15) is 36.4 Å². The molecule has 5 heteroatoms. The topological polar surface area (TPSA) is 55.6 Å². The van der Waals surface area contributed by atoms with Crippen molar-refractivity contribution in [2.24, 2.45) is 11.3 Å². The highest BCUT2D eigenvalue weighted by Crippen LogP contribution is 2.49. The number of nitrogens with zero attached hydrogens (tertiary/aromatic N) is 2. The molecular formula is C21H26N2O3. The summed E-state index contributed by atoms with van der Waals surface area (Å²) in [5.41, 5.74) is 2.10. The molecule has 2 aliphatic rings. The Labute approximate surface area is 154 Å². The molecule has 1 amide bonds. The van der Waals surface area contributed by atoms with E-state index in [1.54, 1.807) is 6.26 Å². The molecule has 1 saturated carbocycles. The molecule has 0 bridgehead atoms. The van der Waals surface area contributed by atoms with Gasteiger partial charge in [-0.3, -0.25) is 9.78 Å². The van der Waals surface area contributed by atoms with Gasteiger partial charge < -0.3 is 14.1 Å². The van der Waals surface area contributed by atoms with Crippen LogP contribution in [-0.2, 0) is 22.6 Å². The fourth-order valence-corrected chi connectivity index (χ4v) is 4.55. The highest BCUT2D eigenvalue weighted by atomic mass is 16.5. The van der Waals surface area contributed by atoms with Crippen LogP contribution in [0.25, 0.3) is 0 Å². The van der Waals surface area contributed by atoms with E-state index >= 15 is 0 Å². The number of likely N-dealkylation sites (tertiary alicyclic amines) is 1. The first-order chi connectivity index (χ1) is 12.6. The molecule has 2 fully saturated rings. The Morgan fingerprint density at radius 2 is 2.31 bits per heavy atom. The molecule has 2 atom stereocenters. The molecule has 0 N–H and O–H groups in total. The Kier molecular flexibility index (Phi) is 4.81. The number of fused-ring (bicyclic) bond motifs is 1. The molecule has 26 heavy (non-hydrogen) atoms. The fourth-order valence-electron chi connectivity index (χ4n) is 4.55. The molecule has 0 unspecified atom stereocenters. The van der Waals surface area contributed by atoms with Gasteiger partial charge in [-0.05, 0) is 49.9 Å². The molecular weight excluding hydrogens is 328 g/mol. The van der Waals surface area contributed by atoms with E-state index in [1.165, 1.54) is 12.8 Å². The van der Waals surface area contributed by atoms with E-state index in [9.17, 15) is 4.79 Å². The molecule has 0 radical (unpaired) electrons. The Hall–Kier alpha value is -2.14. The van der Waals surface area contributed by atoms with Gasteiger partial charge in [0, 0.05) is 24.2 Å². The van der Waals surface area contributed by atoms with E-state index in [0.717, 1.165) is 36.7 Å². The molecule has 4 rings (SSSR count). The van der Waals surface area contributed by atoms with Crippen molar-refractivity contribution in [3.8, 4) is 0 Å². The van der Waals surface area contributed by atoms with Gasteiger partial charge in [0.2, 0.25) is 5.91 Å². The monoisotopic (exact) mass is 354 g/mol. The quantitative estimate of drug-likeness (QED) is 0.798. The Bertz CT molecular complexity index is 758. The minimum atomic E-state index is 0.114. The predicted molar refractivity (Wildman–Crippen MR) is 97.4 cm³/mol. The van der Waals surface area contributed by atoms with Crippen LogP contribution < -0.4 is 0 Å². The molecule has 0 spiro atoms. The summed E-state index contributed by atoms with van der Waals surface area (Å²) in [6.45, 7) is 4.90. The Morgan fingerprint density at radius 3 is 3.12 bits per heavy atom. The molecule has 1 aliphatic heterocycles. The zero-order valence-corrected chi connectivity index (χ0v) is 15.3. The first-order valence-electron chi connectivity index (χ1n) is 9.45. The fraction of sp³-hybridized carbons (Fsp3) is 0.524. The highest BCUT2D eigenvalue weighted by Gasteiger charge is 2.50. The normalized spacial score (nSPS) is 24.8. The largest absolute Gasteiger partial charge is 0.469 e. The summed E-state index contributed by atoms with van der Waals surface area (Å²) in [5.74, 6) is 1.45. The van der Waals surface area contributed by atoms with Gasteiger partial charge in [-0.1, -0.05) is 12.5 Å². The van der Waals surface area contributed by atoms with Gasteiger partial charge in [-0.25, -0.2) is 0 Å². The van der Waals surface area contributed by atoms with Gasteiger partial charge in [-0.15, -0.1) is 0 Å². The van der Waals surface area contributed by atoms with Crippen LogP contribution in [0.3, 0.4) is 0 Å². The number of hydrogen-bond donors (Lipinski definition) is 0. The molecule has 3 heterocycles. The molecule has 0 aromatic carbocycles. The number of pyridine rings is 1. The van der Waals surface area contributed by atoms with Crippen molar-refractivity contribution in [2.45, 2.75) is 39.2 Å². The van der Waals surface area contributed by atoms with Crippen molar-refractivity contribution >= 4 is 5.91 Å². The summed E-state index contributed by atoms with van der Waals surface area (Å²) in [5, 5.41) is 0. The average molecular weight is 354 g/mol. The second-order valence-corrected chi connectivity index (χ2v) is 7.75. The summed E-state index contributed by atoms with van der Waals surface area (Å²) in [4.78, 5) is 19.2. The van der Waals surface area contributed by atoms with Crippen LogP contribution in [0.5, 0.6) is 0 Å². The highest BCUT2D eigenvalue weighted by molar-refractivity contribution is 5.78. The molecule has 2 aromatic rings. The standard InChI is InChI=1S/C21H26N2O3/c1-16-5-2-7-18(22-16)13-25-15-21-9-3-6-17(21)12-23(14-21)20(24)11-19-8-4-10-26-19/h2,4-5,7-8,10,17H,3,6,9,11-15H2,1H3/t17-,21+/m0/s1. The van der Waals surface area contributed by atoms with E-state index in [-0.39, 0.29) is 11.3 Å². The lowest BCUT2D eigenvalue weighted by Crippen LogP contribution is -2.35. The van der Waals surface area contributed by atoms with E-state index in [0.29, 0.717) is 25.6 Å².